The number of phosphoric ester groups is 2. The number of rotatable bonds is 64. The van der Waals surface area contributed by atoms with Crippen molar-refractivity contribution in [2.24, 2.45) is 23.7 Å². The average Bonchev–Trinajstić information content (AvgIpc) is 3.47. The Hall–Kier alpha value is -1.94. The minimum Gasteiger partial charge on any atom is -0.462 e. The van der Waals surface area contributed by atoms with E-state index in [0.717, 1.165) is 126 Å². The van der Waals surface area contributed by atoms with Gasteiger partial charge in [-0.1, -0.05) is 274 Å². The van der Waals surface area contributed by atoms with E-state index >= 15 is 0 Å². The van der Waals surface area contributed by atoms with Gasteiger partial charge in [-0.05, 0) is 49.4 Å². The van der Waals surface area contributed by atoms with Crippen LogP contribution >= 0.6 is 15.6 Å². The molecule has 510 valence electrons. The van der Waals surface area contributed by atoms with Gasteiger partial charge in [-0.2, -0.15) is 0 Å². The van der Waals surface area contributed by atoms with Crippen LogP contribution in [0, 0.1) is 23.7 Å². The van der Waals surface area contributed by atoms with E-state index in [2.05, 4.69) is 55.4 Å². The van der Waals surface area contributed by atoms with Gasteiger partial charge in [0.15, 0.2) is 12.2 Å². The third-order valence-corrected chi connectivity index (χ3v) is 17.9. The number of aliphatic hydroxyl groups excluding tert-OH is 1. The second-order valence-electron chi connectivity index (χ2n) is 25.6. The standard InChI is InChI=1S/C67H130O17P2/c1-9-59(7)45-37-29-23-25-31-39-47-64(69)77-53-62(83-66(71)49-41-33-21-17-13-11-15-19-27-35-43-57(3)4)55-81-85(73,74)79-51-61(68)52-80-86(75,76)82-56-63(54-78-65(70)48-40-32-26-24-30-38-46-60(8)10-2)84-67(72)50-42-34-22-18-14-12-16-20-28-36-44-58(5)6/h57-63,68H,9-56H2,1-8H3,(H,73,74)(H,75,76)/t59?,60?,61?,62-,63-/m1/s1. The minimum absolute atomic E-state index is 0.104. The number of esters is 4. The monoisotopic (exact) mass is 1270 g/mol. The van der Waals surface area contributed by atoms with E-state index in [1.54, 1.807) is 0 Å². The maximum absolute atomic E-state index is 13.0. The summed E-state index contributed by atoms with van der Waals surface area (Å²) in [6.45, 7) is 14.0. The van der Waals surface area contributed by atoms with Gasteiger partial charge in [-0.3, -0.25) is 37.3 Å². The Bertz CT molecular complexity index is 1600. The summed E-state index contributed by atoms with van der Waals surface area (Å²) in [6.07, 6.45) is 37.6. The largest absolute Gasteiger partial charge is 0.472 e. The van der Waals surface area contributed by atoms with Crippen molar-refractivity contribution in [3.05, 3.63) is 0 Å². The van der Waals surface area contributed by atoms with Crippen molar-refractivity contribution in [1.82, 2.24) is 0 Å². The van der Waals surface area contributed by atoms with Crippen LogP contribution in [0.1, 0.15) is 325 Å². The van der Waals surface area contributed by atoms with Crippen LogP contribution in [0.15, 0.2) is 0 Å². The lowest BCUT2D eigenvalue weighted by molar-refractivity contribution is -0.161. The molecule has 0 aromatic carbocycles. The van der Waals surface area contributed by atoms with Gasteiger partial charge >= 0.3 is 39.5 Å². The molecule has 19 heteroatoms. The summed E-state index contributed by atoms with van der Waals surface area (Å²) < 4.78 is 68.1. The molecule has 0 saturated heterocycles. The molecule has 0 rings (SSSR count). The number of unbranched alkanes of at least 4 members (excludes halogenated alkanes) is 28. The molecule has 4 unspecified atom stereocenters. The van der Waals surface area contributed by atoms with E-state index in [-0.39, 0.29) is 25.7 Å². The third-order valence-electron chi connectivity index (χ3n) is 16.0. The fraction of sp³-hybridized carbons (Fsp3) is 0.940. The number of ether oxygens (including phenoxy) is 4. The molecule has 0 aromatic heterocycles. The van der Waals surface area contributed by atoms with Crippen molar-refractivity contribution in [3.8, 4) is 0 Å². The zero-order valence-electron chi connectivity index (χ0n) is 55.9. The lowest BCUT2D eigenvalue weighted by Gasteiger charge is -2.21. The van der Waals surface area contributed by atoms with Crippen LogP contribution < -0.4 is 0 Å². The van der Waals surface area contributed by atoms with Crippen LogP contribution in [0.4, 0.5) is 0 Å². The van der Waals surface area contributed by atoms with Crippen molar-refractivity contribution in [1.29, 1.82) is 0 Å². The van der Waals surface area contributed by atoms with Crippen LogP contribution in [-0.2, 0) is 65.4 Å². The van der Waals surface area contributed by atoms with Gasteiger partial charge < -0.3 is 33.8 Å². The van der Waals surface area contributed by atoms with Crippen molar-refractivity contribution in [3.63, 3.8) is 0 Å². The van der Waals surface area contributed by atoms with Crippen molar-refractivity contribution >= 4 is 39.5 Å². The number of aliphatic hydroxyl groups is 1. The minimum atomic E-state index is -4.95. The third kappa shape index (κ3) is 58.4. The molecule has 0 saturated carbocycles. The van der Waals surface area contributed by atoms with Crippen LogP contribution in [-0.4, -0.2) is 96.7 Å². The quantitative estimate of drug-likeness (QED) is 0.0222. The highest BCUT2D eigenvalue weighted by molar-refractivity contribution is 7.47. The van der Waals surface area contributed by atoms with Crippen LogP contribution in [0.25, 0.3) is 0 Å². The maximum Gasteiger partial charge on any atom is 0.472 e. The van der Waals surface area contributed by atoms with Gasteiger partial charge in [0.25, 0.3) is 0 Å². The summed E-state index contributed by atoms with van der Waals surface area (Å²) in [5.41, 5.74) is 0. The molecule has 0 radical (unpaired) electrons. The molecule has 3 N–H and O–H groups in total. The predicted octanol–water partition coefficient (Wildman–Crippen LogP) is 18.5. The van der Waals surface area contributed by atoms with Gasteiger partial charge in [-0.25, -0.2) is 9.13 Å². The van der Waals surface area contributed by atoms with Crippen LogP contribution in [0.5, 0.6) is 0 Å². The Kier molecular flexibility index (Phi) is 55.7. The SMILES string of the molecule is CCC(C)CCCCCCCCC(=O)OC[C@H](COP(=O)(O)OCC(O)COP(=O)(O)OC[C@@H](COC(=O)CCCCCCCCC(C)CC)OC(=O)CCCCCCCCCCCCC(C)C)OC(=O)CCCCCCCCCCCCC(C)C. The molecule has 0 aliphatic rings. The zero-order valence-corrected chi connectivity index (χ0v) is 57.7. The molecule has 17 nitrogen and oxygen atoms in total. The topological polar surface area (TPSA) is 237 Å². The first-order valence-electron chi connectivity index (χ1n) is 34.8. The van der Waals surface area contributed by atoms with E-state index in [1.165, 1.54) is 116 Å². The van der Waals surface area contributed by atoms with Gasteiger partial charge in [0, 0.05) is 25.7 Å². The van der Waals surface area contributed by atoms with Gasteiger partial charge in [0.1, 0.15) is 19.3 Å². The molecule has 6 atom stereocenters. The lowest BCUT2D eigenvalue weighted by Crippen LogP contribution is -2.30. The number of hydrogen-bond acceptors (Lipinski definition) is 15. The Morgan fingerprint density at radius 3 is 0.826 bits per heavy atom. The number of carbonyl (C=O) groups excluding carboxylic acids is 4. The van der Waals surface area contributed by atoms with E-state index in [1.807, 2.05) is 0 Å². The molecular weight excluding hydrogens is 1140 g/mol. The summed E-state index contributed by atoms with van der Waals surface area (Å²) in [6, 6.07) is 0. The van der Waals surface area contributed by atoms with Gasteiger partial charge in [0.2, 0.25) is 0 Å². The van der Waals surface area contributed by atoms with Gasteiger partial charge in [0.05, 0.1) is 26.4 Å². The molecular formula is C67H130O17P2. The van der Waals surface area contributed by atoms with Crippen LogP contribution in [0.2, 0.25) is 0 Å². The predicted molar refractivity (Wildman–Crippen MR) is 344 cm³/mol. The van der Waals surface area contributed by atoms with Crippen molar-refractivity contribution in [2.45, 2.75) is 343 Å². The highest BCUT2D eigenvalue weighted by Crippen LogP contribution is 2.45. The molecule has 0 heterocycles. The number of phosphoric acid groups is 2. The highest BCUT2D eigenvalue weighted by Gasteiger charge is 2.30. The number of hydrogen-bond donors (Lipinski definition) is 3. The first-order chi connectivity index (χ1) is 41.2. The van der Waals surface area contributed by atoms with E-state index in [9.17, 15) is 43.2 Å². The first-order valence-corrected chi connectivity index (χ1v) is 37.8. The fourth-order valence-corrected chi connectivity index (χ4v) is 11.5. The fourth-order valence-electron chi connectivity index (χ4n) is 9.89. The summed E-state index contributed by atoms with van der Waals surface area (Å²) >= 11 is 0. The van der Waals surface area contributed by atoms with E-state index < -0.39 is 97.5 Å². The van der Waals surface area contributed by atoms with Crippen molar-refractivity contribution < 1.29 is 80.2 Å². The van der Waals surface area contributed by atoms with Crippen molar-refractivity contribution in [2.75, 3.05) is 39.6 Å². The Balaban J connectivity index is 5.27. The molecule has 0 amide bonds. The Morgan fingerprint density at radius 1 is 0.326 bits per heavy atom. The lowest BCUT2D eigenvalue weighted by atomic mass is 10.00. The highest BCUT2D eigenvalue weighted by atomic mass is 31.2. The van der Waals surface area contributed by atoms with Gasteiger partial charge in [-0.15, -0.1) is 0 Å². The summed E-state index contributed by atoms with van der Waals surface area (Å²) in [5, 5.41) is 10.6. The molecule has 0 aliphatic heterocycles. The summed E-state index contributed by atoms with van der Waals surface area (Å²) in [5.74, 6) is 0.830. The second kappa shape index (κ2) is 57.0. The first kappa shape index (κ1) is 84.1. The maximum atomic E-state index is 13.0. The average molecular weight is 1270 g/mol. The number of carbonyl (C=O) groups is 4. The zero-order chi connectivity index (χ0) is 63.9. The summed E-state index contributed by atoms with van der Waals surface area (Å²) in [4.78, 5) is 72.4. The molecule has 0 aromatic rings. The summed E-state index contributed by atoms with van der Waals surface area (Å²) in [7, 11) is -9.90. The smallest absolute Gasteiger partial charge is 0.462 e. The molecule has 0 aliphatic carbocycles. The van der Waals surface area contributed by atoms with E-state index in [0.29, 0.717) is 25.7 Å². The van der Waals surface area contributed by atoms with E-state index in [4.69, 9.17) is 37.0 Å². The molecule has 0 spiro atoms. The normalized spacial score (nSPS) is 15.0. The molecule has 0 fully saturated rings. The Morgan fingerprint density at radius 2 is 0.558 bits per heavy atom. The van der Waals surface area contributed by atoms with Crippen LogP contribution in [0.3, 0.4) is 0 Å². The Labute approximate surface area is 524 Å². The second-order valence-corrected chi connectivity index (χ2v) is 28.6. The molecule has 86 heavy (non-hydrogen) atoms. The molecule has 0 bridgehead atoms.